The fourth-order valence-corrected chi connectivity index (χ4v) is 5.03. The van der Waals surface area contributed by atoms with E-state index in [-0.39, 0.29) is 0 Å². The zero-order valence-electron chi connectivity index (χ0n) is 18.4. The smallest absolute Gasteiger partial charge is 0.322 e. The number of nitrogens with zero attached hydrogens (tertiary/aromatic N) is 6. The lowest BCUT2D eigenvalue weighted by Gasteiger charge is -2.38. The molecule has 0 radical (unpaired) electrons. The van der Waals surface area contributed by atoms with Crippen LogP contribution in [0.2, 0.25) is 5.02 Å². The Morgan fingerprint density at radius 1 is 1.16 bits per heavy atom. The van der Waals surface area contributed by atoms with Gasteiger partial charge in [0, 0.05) is 37.4 Å². The van der Waals surface area contributed by atoms with Crippen LogP contribution in [0.25, 0.3) is 0 Å². The number of anilines is 2. The number of fused-ring (bicyclic) bond motifs is 2. The highest BCUT2D eigenvalue weighted by Crippen LogP contribution is 2.40. The van der Waals surface area contributed by atoms with Gasteiger partial charge in [0.25, 0.3) is 0 Å². The van der Waals surface area contributed by atoms with Crippen LogP contribution in [0.15, 0.2) is 36.7 Å². The van der Waals surface area contributed by atoms with Crippen molar-refractivity contribution in [1.29, 1.82) is 0 Å². The van der Waals surface area contributed by atoms with E-state index in [4.69, 9.17) is 21.4 Å². The van der Waals surface area contributed by atoms with E-state index in [9.17, 15) is 0 Å². The van der Waals surface area contributed by atoms with Gasteiger partial charge < -0.3 is 15.0 Å². The van der Waals surface area contributed by atoms with Gasteiger partial charge in [0.15, 0.2) is 0 Å². The predicted octanol–water partition coefficient (Wildman–Crippen LogP) is 4.56. The number of para-hydroxylation sites is 1. The van der Waals surface area contributed by atoms with Crippen molar-refractivity contribution in [2.24, 2.45) is 11.8 Å². The third-order valence-electron chi connectivity index (χ3n) is 6.35. The Balaban J connectivity index is 1.32. The Labute approximate surface area is 193 Å². The minimum atomic E-state index is 0.347. The molecule has 0 amide bonds. The zero-order chi connectivity index (χ0) is 22.1. The van der Waals surface area contributed by atoms with E-state index >= 15 is 0 Å². The van der Waals surface area contributed by atoms with Crippen LogP contribution in [-0.4, -0.2) is 43.9 Å². The molecule has 2 bridgehead atoms. The number of hydrogen-bond acceptors (Lipinski definition) is 7. The maximum atomic E-state index is 6.27. The quantitative estimate of drug-likeness (QED) is 0.561. The highest BCUT2D eigenvalue weighted by atomic mass is 35.5. The maximum Gasteiger partial charge on any atom is 0.322 e. The first-order valence-electron chi connectivity index (χ1n) is 11.3. The molecule has 0 spiro atoms. The molecule has 3 aromatic rings. The van der Waals surface area contributed by atoms with E-state index in [1.807, 2.05) is 29.8 Å². The molecule has 5 rings (SSSR count). The second-order valence-electron chi connectivity index (χ2n) is 8.66. The fourth-order valence-electron chi connectivity index (χ4n) is 4.86. The Morgan fingerprint density at radius 3 is 2.66 bits per heavy atom. The van der Waals surface area contributed by atoms with Crippen molar-refractivity contribution >= 4 is 23.4 Å². The SMILES string of the molecule is CCCn1nc(N[C@H]2[C@@H]3CC[C@H]2CN(c2cc(C)ncn2)C3)nc1Oc1ccccc1Cl. The average Bonchev–Trinajstić information content (AvgIpc) is 3.25. The van der Waals surface area contributed by atoms with Crippen LogP contribution in [0.5, 0.6) is 11.8 Å². The summed E-state index contributed by atoms with van der Waals surface area (Å²) in [5.74, 6) is 3.27. The van der Waals surface area contributed by atoms with Gasteiger partial charge in [-0.25, -0.2) is 14.6 Å². The number of halogens is 1. The van der Waals surface area contributed by atoms with Crippen molar-refractivity contribution in [2.75, 3.05) is 23.3 Å². The third kappa shape index (κ3) is 4.24. The first-order chi connectivity index (χ1) is 15.6. The Morgan fingerprint density at radius 2 is 1.94 bits per heavy atom. The molecule has 168 valence electrons. The number of nitrogens with one attached hydrogen (secondary N) is 1. The summed E-state index contributed by atoms with van der Waals surface area (Å²) in [4.78, 5) is 15.8. The lowest BCUT2D eigenvalue weighted by molar-refractivity contribution is 0.374. The van der Waals surface area contributed by atoms with E-state index in [1.54, 1.807) is 12.4 Å². The highest BCUT2D eigenvalue weighted by molar-refractivity contribution is 6.32. The third-order valence-corrected chi connectivity index (χ3v) is 6.67. The lowest BCUT2D eigenvalue weighted by Crippen LogP contribution is -2.48. The number of aryl methyl sites for hydroxylation is 2. The van der Waals surface area contributed by atoms with Crippen molar-refractivity contribution in [3.8, 4) is 11.8 Å². The lowest BCUT2D eigenvalue weighted by atomic mass is 9.92. The van der Waals surface area contributed by atoms with E-state index < -0.39 is 0 Å². The molecule has 3 atom stereocenters. The van der Waals surface area contributed by atoms with Crippen LogP contribution >= 0.6 is 11.6 Å². The van der Waals surface area contributed by atoms with Crippen molar-refractivity contribution in [1.82, 2.24) is 24.7 Å². The summed E-state index contributed by atoms with van der Waals surface area (Å²) >= 11 is 6.27. The Hall–Kier alpha value is -2.87. The van der Waals surface area contributed by atoms with Crippen molar-refractivity contribution in [3.05, 3.63) is 47.4 Å². The van der Waals surface area contributed by atoms with E-state index in [0.717, 1.165) is 37.6 Å². The van der Waals surface area contributed by atoms with Gasteiger partial charge in [-0.15, -0.1) is 5.10 Å². The molecule has 1 aromatic carbocycles. The molecular formula is C23H28ClN7O. The summed E-state index contributed by atoms with van der Waals surface area (Å²) in [5, 5.41) is 8.88. The first-order valence-corrected chi connectivity index (χ1v) is 11.7. The molecule has 2 fully saturated rings. The van der Waals surface area contributed by atoms with E-state index in [1.165, 1.54) is 12.8 Å². The van der Waals surface area contributed by atoms with Gasteiger partial charge >= 0.3 is 6.01 Å². The summed E-state index contributed by atoms with van der Waals surface area (Å²) in [7, 11) is 0. The van der Waals surface area contributed by atoms with Gasteiger partial charge in [0.1, 0.15) is 17.9 Å². The van der Waals surface area contributed by atoms with Crippen LogP contribution < -0.4 is 15.0 Å². The molecule has 0 unspecified atom stereocenters. The van der Waals surface area contributed by atoms with Crippen LogP contribution in [0, 0.1) is 18.8 Å². The molecule has 2 aliphatic rings. The highest BCUT2D eigenvalue weighted by Gasteiger charge is 2.43. The fraction of sp³-hybridized carbons (Fsp3) is 0.478. The summed E-state index contributed by atoms with van der Waals surface area (Å²) in [5.41, 5.74) is 0.999. The molecule has 1 aliphatic carbocycles. The Kier molecular flexibility index (Phi) is 5.87. The van der Waals surface area contributed by atoms with Crippen molar-refractivity contribution in [3.63, 3.8) is 0 Å². The van der Waals surface area contributed by atoms with Crippen molar-refractivity contribution < 1.29 is 4.74 Å². The molecule has 8 nitrogen and oxygen atoms in total. The average molecular weight is 454 g/mol. The topological polar surface area (TPSA) is 81.0 Å². The number of hydrogen-bond donors (Lipinski definition) is 1. The minimum absolute atomic E-state index is 0.347. The summed E-state index contributed by atoms with van der Waals surface area (Å²) in [6, 6.07) is 10.3. The second-order valence-corrected chi connectivity index (χ2v) is 9.07. The number of aromatic nitrogens is 5. The first kappa shape index (κ1) is 21.0. The summed E-state index contributed by atoms with van der Waals surface area (Å²) in [6.45, 7) is 6.80. The van der Waals surface area contributed by atoms with Crippen molar-refractivity contribution in [2.45, 2.75) is 45.7 Å². The molecule has 1 aliphatic heterocycles. The monoisotopic (exact) mass is 453 g/mol. The van der Waals surface area contributed by atoms with Gasteiger partial charge in [-0.2, -0.15) is 4.98 Å². The molecule has 2 aromatic heterocycles. The minimum Gasteiger partial charge on any atom is -0.423 e. The zero-order valence-corrected chi connectivity index (χ0v) is 19.2. The molecule has 1 N–H and O–H groups in total. The standard InChI is InChI=1S/C23H28ClN7O/c1-3-10-31-23(32-19-7-5-4-6-18(19)24)28-22(29-31)27-21-16-8-9-17(21)13-30(12-16)20-11-15(2)25-14-26-20/h4-7,11,14,16-17,21H,3,8-10,12-13H2,1-2H3,(H,27,29)/t16-,17+,21+. The number of ether oxygens (including phenoxy) is 1. The van der Waals surface area contributed by atoms with Crippen LogP contribution in [0.4, 0.5) is 11.8 Å². The molecule has 32 heavy (non-hydrogen) atoms. The molecule has 9 heteroatoms. The second kappa shape index (κ2) is 8.94. The molecular weight excluding hydrogens is 426 g/mol. The number of rotatable bonds is 7. The van der Waals surface area contributed by atoms with E-state index in [0.29, 0.717) is 40.6 Å². The van der Waals surface area contributed by atoms with Gasteiger partial charge in [0.05, 0.1) is 5.02 Å². The largest absolute Gasteiger partial charge is 0.423 e. The van der Waals surface area contributed by atoms with Crippen LogP contribution in [0.3, 0.4) is 0 Å². The van der Waals surface area contributed by atoms with Gasteiger partial charge in [0.2, 0.25) is 5.95 Å². The van der Waals surface area contributed by atoms with E-state index in [2.05, 4.69) is 38.2 Å². The molecule has 1 saturated carbocycles. The number of benzene rings is 1. The predicted molar refractivity (Wildman–Crippen MR) is 124 cm³/mol. The molecule has 1 saturated heterocycles. The summed E-state index contributed by atoms with van der Waals surface area (Å²) < 4.78 is 7.82. The van der Waals surface area contributed by atoms with Gasteiger partial charge in [-0.3, -0.25) is 0 Å². The maximum absolute atomic E-state index is 6.27. The van der Waals surface area contributed by atoms with Crippen LogP contribution in [-0.2, 0) is 6.54 Å². The number of piperidine rings is 1. The molecule has 3 heterocycles. The summed E-state index contributed by atoms with van der Waals surface area (Å²) in [6.07, 6.45) is 4.98. The van der Waals surface area contributed by atoms with Crippen LogP contribution in [0.1, 0.15) is 31.9 Å². The van der Waals surface area contributed by atoms with Gasteiger partial charge in [-0.05, 0) is 50.2 Å². The normalized spacial score (nSPS) is 22.2. The van der Waals surface area contributed by atoms with Gasteiger partial charge in [-0.1, -0.05) is 30.7 Å². The Bertz CT molecular complexity index is 1070.